The van der Waals surface area contributed by atoms with Gasteiger partial charge in [0.05, 0.1) is 7.11 Å². The Bertz CT molecular complexity index is 415. The molecule has 1 aliphatic heterocycles. The molecule has 2 rings (SSSR count). The van der Waals surface area contributed by atoms with E-state index in [2.05, 4.69) is 17.3 Å². The second-order valence-electron chi connectivity index (χ2n) is 4.37. The first-order valence-corrected chi connectivity index (χ1v) is 6.04. The van der Waals surface area contributed by atoms with Crippen molar-refractivity contribution in [2.75, 3.05) is 41.1 Å². The summed E-state index contributed by atoms with van der Waals surface area (Å²) in [7, 11) is 5.69. The van der Waals surface area contributed by atoms with Gasteiger partial charge >= 0.3 is 0 Å². The molecular formula is C13H21ClN2O3. The highest BCUT2D eigenvalue weighted by atomic mass is 35.5. The van der Waals surface area contributed by atoms with Gasteiger partial charge in [0.15, 0.2) is 11.5 Å². The van der Waals surface area contributed by atoms with Gasteiger partial charge in [-0.25, -0.2) is 0 Å². The number of rotatable bonds is 6. The van der Waals surface area contributed by atoms with Crippen molar-refractivity contribution < 1.29 is 14.2 Å². The van der Waals surface area contributed by atoms with E-state index in [4.69, 9.17) is 14.2 Å². The third-order valence-electron chi connectivity index (χ3n) is 2.91. The predicted molar refractivity (Wildman–Crippen MR) is 76.6 cm³/mol. The molecule has 0 saturated carbocycles. The van der Waals surface area contributed by atoms with Crippen molar-refractivity contribution in [1.82, 2.24) is 10.2 Å². The van der Waals surface area contributed by atoms with Gasteiger partial charge in [0.1, 0.15) is 0 Å². The van der Waals surface area contributed by atoms with Crippen molar-refractivity contribution in [2.24, 2.45) is 0 Å². The molecule has 108 valence electrons. The highest BCUT2D eigenvalue weighted by molar-refractivity contribution is 5.85. The first-order chi connectivity index (χ1) is 8.74. The first-order valence-electron chi connectivity index (χ1n) is 6.04. The number of likely N-dealkylation sites (N-methyl/N-ethyl adjacent to an activating group) is 2. The Labute approximate surface area is 120 Å². The molecule has 0 aliphatic carbocycles. The van der Waals surface area contributed by atoms with E-state index in [-0.39, 0.29) is 19.2 Å². The lowest BCUT2D eigenvalue weighted by Gasteiger charge is -2.17. The van der Waals surface area contributed by atoms with Crippen LogP contribution in [0.25, 0.3) is 0 Å². The number of hydrogen-bond donors (Lipinski definition) is 1. The fourth-order valence-corrected chi connectivity index (χ4v) is 1.97. The molecule has 1 N–H and O–H groups in total. The number of ether oxygens (including phenoxy) is 3. The van der Waals surface area contributed by atoms with Crippen LogP contribution in [0.15, 0.2) is 12.1 Å². The predicted octanol–water partition coefficient (Wildman–Crippen LogP) is 1.50. The molecule has 0 aromatic heterocycles. The van der Waals surface area contributed by atoms with Gasteiger partial charge in [-0.2, -0.15) is 0 Å². The largest absolute Gasteiger partial charge is 0.493 e. The number of fused-ring (bicyclic) bond motifs is 1. The average Bonchev–Trinajstić information content (AvgIpc) is 2.83. The summed E-state index contributed by atoms with van der Waals surface area (Å²) in [6.45, 7) is 3.09. The Hall–Kier alpha value is -1.17. The minimum Gasteiger partial charge on any atom is -0.493 e. The minimum atomic E-state index is 0. The van der Waals surface area contributed by atoms with Crippen LogP contribution in [-0.4, -0.2) is 46.0 Å². The maximum Gasteiger partial charge on any atom is 0.231 e. The van der Waals surface area contributed by atoms with Crippen LogP contribution < -0.4 is 19.5 Å². The zero-order valence-electron chi connectivity index (χ0n) is 11.6. The number of nitrogens with one attached hydrogen (secondary N) is 1. The summed E-state index contributed by atoms with van der Waals surface area (Å²) < 4.78 is 16.1. The van der Waals surface area contributed by atoms with Crippen molar-refractivity contribution in [3.63, 3.8) is 0 Å². The van der Waals surface area contributed by atoms with Gasteiger partial charge in [0, 0.05) is 19.6 Å². The van der Waals surface area contributed by atoms with Crippen LogP contribution in [-0.2, 0) is 6.54 Å². The van der Waals surface area contributed by atoms with Crippen molar-refractivity contribution in [3.8, 4) is 17.2 Å². The van der Waals surface area contributed by atoms with E-state index in [1.54, 1.807) is 7.11 Å². The van der Waals surface area contributed by atoms with Crippen LogP contribution in [0, 0.1) is 0 Å². The summed E-state index contributed by atoms with van der Waals surface area (Å²) in [4.78, 5) is 2.24. The molecule has 0 bridgehead atoms. The lowest BCUT2D eigenvalue weighted by molar-refractivity contribution is 0.171. The fourth-order valence-electron chi connectivity index (χ4n) is 1.97. The van der Waals surface area contributed by atoms with Gasteiger partial charge in [0.2, 0.25) is 12.5 Å². The zero-order valence-corrected chi connectivity index (χ0v) is 12.4. The van der Waals surface area contributed by atoms with Gasteiger partial charge < -0.3 is 24.4 Å². The Kier molecular flexibility index (Phi) is 6.21. The lowest BCUT2D eigenvalue weighted by Crippen LogP contribution is -2.26. The first kappa shape index (κ1) is 15.9. The standard InChI is InChI=1S/C13H20N2O3.ClH/c1-14-4-5-15(2)8-10-6-11(16-3)13-12(7-10)17-9-18-13;/h6-7,14H,4-5,8-9H2,1-3H3;1H. The van der Waals surface area contributed by atoms with Gasteiger partial charge in [-0.1, -0.05) is 0 Å². The number of nitrogens with zero attached hydrogens (tertiary/aromatic N) is 1. The molecule has 0 amide bonds. The molecule has 1 aliphatic rings. The summed E-state index contributed by atoms with van der Waals surface area (Å²) >= 11 is 0. The van der Waals surface area contributed by atoms with E-state index in [0.717, 1.165) is 36.7 Å². The Morgan fingerprint density at radius 3 is 2.84 bits per heavy atom. The molecule has 19 heavy (non-hydrogen) atoms. The number of benzene rings is 1. The van der Waals surface area contributed by atoms with Crippen LogP contribution in [0.4, 0.5) is 0 Å². The maximum atomic E-state index is 5.41. The summed E-state index contributed by atoms with van der Waals surface area (Å²) in [6.07, 6.45) is 0. The molecule has 1 aromatic carbocycles. The molecule has 1 heterocycles. The number of hydrogen-bond acceptors (Lipinski definition) is 5. The van der Waals surface area contributed by atoms with Crippen LogP contribution >= 0.6 is 12.4 Å². The van der Waals surface area contributed by atoms with E-state index in [1.807, 2.05) is 19.2 Å². The molecule has 0 radical (unpaired) electrons. The van der Waals surface area contributed by atoms with Gasteiger partial charge in [-0.05, 0) is 31.8 Å². The molecule has 0 atom stereocenters. The summed E-state index contributed by atoms with van der Waals surface area (Å²) in [5.41, 5.74) is 1.16. The highest BCUT2D eigenvalue weighted by Gasteiger charge is 2.20. The smallest absolute Gasteiger partial charge is 0.231 e. The average molecular weight is 289 g/mol. The van der Waals surface area contributed by atoms with E-state index in [0.29, 0.717) is 5.75 Å². The molecule has 5 nitrogen and oxygen atoms in total. The monoisotopic (exact) mass is 288 g/mol. The summed E-state index contributed by atoms with van der Waals surface area (Å²) in [6, 6.07) is 4.02. The SMILES string of the molecule is CNCCN(C)Cc1cc(OC)c2c(c1)OCO2.Cl. The van der Waals surface area contributed by atoms with Crippen molar-refractivity contribution >= 4 is 12.4 Å². The van der Waals surface area contributed by atoms with Crippen molar-refractivity contribution in [1.29, 1.82) is 0 Å². The molecule has 0 saturated heterocycles. The maximum absolute atomic E-state index is 5.41. The number of methoxy groups -OCH3 is 1. The minimum absolute atomic E-state index is 0. The van der Waals surface area contributed by atoms with E-state index in [1.165, 1.54) is 0 Å². The molecule has 6 heteroatoms. The topological polar surface area (TPSA) is 43.0 Å². The summed E-state index contributed by atoms with van der Waals surface area (Å²) in [5, 5.41) is 3.14. The molecule has 1 aromatic rings. The Morgan fingerprint density at radius 1 is 1.37 bits per heavy atom. The van der Waals surface area contributed by atoms with E-state index < -0.39 is 0 Å². The Morgan fingerprint density at radius 2 is 2.16 bits per heavy atom. The molecule has 0 fully saturated rings. The van der Waals surface area contributed by atoms with Crippen LogP contribution in [0.3, 0.4) is 0 Å². The van der Waals surface area contributed by atoms with Crippen LogP contribution in [0.2, 0.25) is 0 Å². The normalized spacial score (nSPS) is 12.4. The second kappa shape index (κ2) is 7.43. The van der Waals surface area contributed by atoms with Crippen molar-refractivity contribution in [3.05, 3.63) is 17.7 Å². The van der Waals surface area contributed by atoms with E-state index >= 15 is 0 Å². The van der Waals surface area contributed by atoms with Crippen LogP contribution in [0.1, 0.15) is 5.56 Å². The highest BCUT2D eigenvalue weighted by Crippen LogP contribution is 2.41. The van der Waals surface area contributed by atoms with Gasteiger partial charge in [0.25, 0.3) is 0 Å². The van der Waals surface area contributed by atoms with Crippen LogP contribution in [0.5, 0.6) is 17.2 Å². The van der Waals surface area contributed by atoms with Gasteiger partial charge in [-0.3, -0.25) is 0 Å². The zero-order chi connectivity index (χ0) is 13.0. The Balaban J connectivity index is 0.00000180. The summed E-state index contributed by atoms with van der Waals surface area (Å²) in [5.74, 6) is 2.22. The molecule has 0 spiro atoms. The third-order valence-corrected chi connectivity index (χ3v) is 2.91. The van der Waals surface area contributed by atoms with E-state index in [9.17, 15) is 0 Å². The second-order valence-corrected chi connectivity index (χ2v) is 4.37. The van der Waals surface area contributed by atoms with Gasteiger partial charge in [-0.15, -0.1) is 12.4 Å². The van der Waals surface area contributed by atoms with Crippen molar-refractivity contribution in [2.45, 2.75) is 6.54 Å². The third kappa shape index (κ3) is 3.89. The lowest BCUT2D eigenvalue weighted by atomic mass is 10.1. The number of halogens is 1. The molecule has 0 unspecified atom stereocenters. The quantitative estimate of drug-likeness (QED) is 0.859. The fraction of sp³-hybridized carbons (Fsp3) is 0.538. The molecular weight excluding hydrogens is 268 g/mol.